The van der Waals surface area contributed by atoms with E-state index in [9.17, 15) is 0 Å². The van der Waals surface area contributed by atoms with Crippen molar-refractivity contribution in [2.24, 2.45) is 28.4 Å². The Morgan fingerprint density at radius 3 is 2.62 bits per heavy atom. The number of fused-ring (bicyclic) bond motifs is 6. The van der Waals surface area contributed by atoms with E-state index in [1.165, 1.54) is 64.2 Å². The minimum atomic E-state index is 0.0119. The second-order valence-corrected chi connectivity index (χ2v) is 10.2. The highest BCUT2D eigenvalue weighted by Crippen LogP contribution is 2.69. The van der Waals surface area contributed by atoms with Crippen LogP contribution in [0.5, 0.6) is 0 Å². The van der Waals surface area contributed by atoms with E-state index in [0.29, 0.717) is 22.7 Å². The first-order valence-corrected chi connectivity index (χ1v) is 10.6. The van der Waals surface area contributed by atoms with E-state index in [2.05, 4.69) is 19.9 Å². The molecular weight excluding hydrogens is 294 g/mol. The van der Waals surface area contributed by atoms with Gasteiger partial charge < -0.3 is 10.5 Å². The first-order valence-electron chi connectivity index (χ1n) is 10.6. The number of ether oxygens (including phenoxy) is 1. The van der Waals surface area contributed by atoms with Crippen LogP contribution in [0, 0.1) is 22.7 Å². The lowest BCUT2D eigenvalue weighted by Crippen LogP contribution is -2.67. The molecule has 2 heteroatoms. The van der Waals surface area contributed by atoms with Crippen molar-refractivity contribution < 1.29 is 4.74 Å². The van der Waals surface area contributed by atoms with Crippen LogP contribution in [0.1, 0.15) is 84.5 Å². The van der Waals surface area contributed by atoms with Crippen molar-refractivity contribution in [3.63, 3.8) is 0 Å². The lowest BCUT2D eigenvalue weighted by atomic mass is 9.44. The summed E-state index contributed by atoms with van der Waals surface area (Å²) in [5.74, 6) is 1.35. The van der Waals surface area contributed by atoms with Crippen molar-refractivity contribution in [3.8, 4) is 0 Å². The Kier molecular flexibility index (Phi) is 3.23. The first kappa shape index (κ1) is 15.9. The number of hydrogen-bond donors (Lipinski definition) is 1. The van der Waals surface area contributed by atoms with Crippen LogP contribution in [0.25, 0.3) is 0 Å². The highest BCUT2D eigenvalue weighted by molar-refractivity contribution is 5.31. The second-order valence-electron chi connectivity index (χ2n) is 10.2. The number of nitrogens with two attached hydrogens (primary N) is 1. The summed E-state index contributed by atoms with van der Waals surface area (Å²) in [6, 6.07) is 0. The van der Waals surface area contributed by atoms with Gasteiger partial charge in [0.15, 0.2) is 0 Å². The third kappa shape index (κ3) is 1.70. The molecule has 0 radical (unpaired) electrons. The molecule has 0 aromatic heterocycles. The average Bonchev–Trinajstić information content (AvgIpc) is 3.14. The van der Waals surface area contributed by atoms with Gasteiger partial charge >= 0.3 is 0 Å². The summed E-state index contributed by atoms with van der Waals surface area (Å²) in [6.07, 6.45) is 16.9. The summed E-state index contributed by atoms with van der Waals surface area (Å²) in [4.78, 5) is 0. The summed E-state index contributed by atoms with van der Waals surface area (Å²) >= 11 is 0. The molecule has 6 atom stereocenters. The van der Waals surface area contributed by atoms with Gasteiger partial charge in [0.1, 0.15) is 0 Å². The van der Waals surface area contributed by atoms with Gasteiger partial charge in [-0.3, -0.25) is 0 Å². The normalized spacial score (nSPS) is 56.5. The van der Waals surface area contributed by atoms with E-state index < -0.39 is 0 Å². The van der Waals surface area contributed by atoms with Crippen molar-refractivity contribution in [2.75, 3.05) is 6.61 Å². The molecule has 3 saturated carbocycles. The molecule has 134 valence electrons. The molecule has 5 aliphatic rings. The summed E-state index contributed by atoms with van der Waals surface area (Å²) in [5.41, 5.74) is 10.0. The van der Waals surface area contributed by atoms with Crippen LogP contribution in [0.4, 0.5) is 0 Å². The van der Waals surface area contributed by atoms with Gasteiger partial charge in [-0.25, -0.2) is 0 Å². The highest BCUT2D eigenvalue weighted by atomic mass is 16.5. The monoisotopic (exact) mass is 329 g/mol. The number of rotatable bonds is 0. The summed E-state index contributed by atoms with van der Waals surface area (Å²) in [6.45, 7) is 6.08. The molecule has 1 heterocycles. The molecule has 0 aromatic rings. The van der Waals surface area contributed by atoms with Crippen LogP contribution in [-0.4, -0.2) is 17.7 Å². The van der Waals surface area contributed by atoms with Crippen molar-refractivity contribution in [1.82, 2.24) is 0 Å². The van der Waals surface area contributed by atoms with Crippen LogP contribution >= 0.6 is 0 Å². The molecule has 4 fully saturated rings. The standard InChI is InChI=1S/C22H35NO/c1-19-10-4-3-6-16(19)7-14-22(23)17(19)8-12-20(2)18(22)9-13-21(20)11-5-15-24-21/h7,17-18H,3-6,8-15,23H2,1-2H3/t17?,18?,19?,20?,21-,22?/m1/s1. The van der Waals surface area contributed by atoms with E-state index in [1.807, 2.05) is 0 Å². The maximum atomic E-state index is 7.38. The molecule has 0 aromatic carbocycles. The van der Waals surface area contributed by atoms with Crippen LogP contribution in [0.2, 0.25) is 0 Å². The van der Waals surface area contributed by atoms with Gasteiger partial charge in [-0.2, -0.15) is 0 Å². The van der Waals surface area contributed by atoms with Crippen LogP contribution in [0.15, 0.2) is 11.6 Å². The number of hydrogen-bond acceptors (Lipinski definition) is 2. The smallest absolute Gasteiger partial charge is 0.0740 e. The molecule has 5 unspecified atom stereocenters. The predicted octanol–water partition coefficient (Wildman–Crippen LogP) is 4.97. The zero-order valence-corrected chi connectivity index (χ0v) is 15.7. The van der Waals surface area contributed by atoms with Crippen LogP contribution in [0.3, 0.4) is 0 Å². The molecule has 2 N–H and O–H groups in total. The largest absolute Gasteiger partial charge is 0.374 e. The first-order chi connectivity index (χ1) is 11.4. The van der Waals surface area contributed by atoms with Gasteiger partial charge in [0.05, 0.1) is 5.60 Å². The van der Waals surface area contributed by atoms with Crippen molar-refractivity contribution in [2.45, 2.75) is 95.6 Å². The van der Waals surface area contributed by atoms with E-state index in [-0.39, 0.29) is 11.1 Å². The molecular formula is C22H35NO. The number of allylic oxidation sites excluding steroid dienone is 1. The van der Waals surface area contributed by atoms with Crippen molar-refractivity contribution in [3.05, 3.63) is 11.6 Å². The molecule has 0 bridgehead atoms. The van der Waals surface area contributed by atoms with Crippen LogP contribution in [-0.2, 0) is 4.74 Å². The molecule has 4 aliphatic carbocycles. The Balaban J connectivity index is 1.56. The fourth-order valence-corrected chi connectivity index (χ4v) is 8.35. The lowest BCUT2D eigenvalue weighted by Gasteiger charge is -2.63. The van der Waals surface area contributed by atoms with Gasteiger partial charge in [-0.15, -0.1) is 0 Å². The maximum Gasteiger partial charge on any atom is 0.0740 e. The maximum absolute atomic E-state index is 7.38. The van der Waals surface area contributed by atoms with Gasteiger partial charge in [-0.1, -0.05) is 31.9 Å². The van der Waals surface area contributed by atoms with Crippen molar-refractivity contribution in [1.29, 1.82) is 0 Å². The molecule has 2 nitrogen and oxygen atoms in total. The SMILES string of the molecule is CC12CCCCC1=CCC1(N)C2CCC2(C)C1CC[C@]21CCCO1. The fourth-order valence-electron chi connectivity index (χ4n) is 8.35. The topological polar surface area (TPSA) is 35.2 Å². The van der Waals surface area contributed by atoms with Gasteiger partial charge in [-0.05, 0) is 81.5 Å². The molecule has 0 amide bonds. The lowest BCUT2D eigenvalue weighted by molar-refractivity contribution is -0.138. The van der Waals surface area contributed by atoms with Crippen molar-refractivity contribution >= 4 is 0 Å². The van der Waals surface area contributed by atoms with E-state index in [1.54, 1.807) is 5.57 Å². The highest BCUT2D eigenvalue weighted by Gasteiger charge is 2.69. The van der Waals surface area contributed by atoms with Gasteiger partial charge in [0, 0.05) is 17.6 Å². The zero-order chi connectivity index (χ0) is 16.6. The van der Waals surface area contributed by atoms with Gasteiger partial charge in [0.25, 0.3) is 0 Å². The summed E-state index contributed by atoms with van der Waals surface area (Å²) < 4.78 is 6.46. The zero-order valence-electron chi connectivity index (χ0n) is 15.7. The third-order valence-corrected chi connectivity index (χ3v) is 9.60. The quantitative estimate of drug-likeness (QED) is 0.637. The molecule has 1 saturated heterocycles. The summed E-state index contributed by atoms with van der Waals surface area (Å²) in [7, 11) is 0. The van der Waals surface area contributed by atoms with Crippen LogP contribution < -0.4 is 5.73 Å². The minimum absolute atomic E-state index is 0.0119. The second kappa shape index (κ2) is 4.88. The van der Waals surface area contributed by atoms with E-state index >= 15 is 0 Å². The average molecular weight is 330 g/mol. The Hall–Kier alpha value is -0.340. The predicted molar refractivity (Wildman–Crippen MR) is 97.7 cm³/mol. The molecule has 1 aliphatic heterocycles. The molecule has 1 spiro atoms. The minimum Gasteiger partial charge on any atom is -0.374 e. The fraction of sp³-hybridized carbons (Fsp3) is 0.909. The molecule has 24 heavy (non-hydrogen) atoms. The Morgan fingerprint density at radius 2 is 1.83 bits per heavy atom. The Bertz CT molecular complexity index is 577. The Morgan fingerprint density at radius 1 is 1.00 bits per heavy atom. The van der Waals surface area contributed by atoms with E-state index in [0.717, 1.165) is 13.0 Å². The third-order valence-electron chi connectivity index (χ3n) is 9.60. The van der Waals surface area contributed by atoms with Gasteiger partial charge in [0.2, 0.25) is 0 Å². The van der Waals surface area contributed by atoms with E-state index in [4.69, 9.17) is 10.5 Å². The molecule has 5 rings (SSSR count). The Labute approximate surface area is 147 Å². The summed E-state index contributed by atoms with van der Waals surface area (Å²) in [5, 5.41) is 0.